The van der Waals surface area contributed by atoms with Gasteiger partial charge in [-0.3, -0.25) is 4.90 Å². The Kier molecular flexibility index (Phi) is 8.28. The van der Waals surface area contributed by atoms with Crippen LogP contribution in [0, 0.1) is 6.92 Å². The Morgan fingerprint density at radius 1 is 1.04 bits per heavy atom. The molecule has 0 radical (unpaired) electrons. The van der Waals surface area contributed by atoms with Crippen LogP contribution in [0.4, 0.5) is 5.69 Å². The lowest BCUT2D eigenvalue weighted by atomic mass is 10.0. The molecule has 1 aliphatic heterocycles. The van der Waals surface area contributed by atoms with Crippen molar-refractivity contribution < 1.29 is 4.74 Å². The van der Waals surface area contributed by atoms with Crippen molar-refractivity contribution >= 4 is 29.7 Å². The largest absolute Gasteiger partial charge is 0.492 e. The Hall–Kier alpha value is -1.42. The number of halogens is 2. The molecule has 1 aliphatic rings. The standard InChI is InChI=1S/C22H29ClN2O.ClH/c1-17(2)19-9-8-18(3)16-22(19)26-15-14-24-10-12-25(13-11-24)21-7-5-4-6-20(21)23;/h4-9,16-17H,10-15H2,1-3H3;1H. The molecule has 148 valence electrons. The second-order valence-electron chi connectivity index (χ2n) is 7.32. The Morgan fingerprint density at radius 3 is 2.41 bits per heavy atom. The summed E-state index contributed by atoms with van der Waals surface area (Å²) in [7, 11) is 0. The maximum absolute atomic E-state index is 6.32. The van der Waals surface area contributed by atoms with Gasteiger partial charge in [-0.15, -0.1) is 12.4 Å². The fraction of sp³-hybridized carbons (Fsp3) is 0.455. The highest BCUT2D eigenvalue weighted by atomic mass is 35.5. The van der Waals surface area contributed by atoms with Crippen molar-refractivity contribution in [3.63, 3.8) is 0 Å². The molecule has 0 aliphatic carbocycles. The molecule has 1 heterocycles. The van der Waals surface area contributed by atoms with Crippen LogP contribution in [-0.2, 0) is 0 Å². The molecule has 0 N–H and O–H groups in total. The van der Waals surface area contributed by atoms with E-state index >= 15 is 0 Å². The Labute approximate surface area is 174 Å². The van der Waals surface area contributed by atoms with Crippen LogP contribution in [0.15, 0.2) is 42.5 Å². The number of nitrogens with zero attached hydrogens (tertiary/aromatic N) is 2. The first-order chi connectivity index (χ1) is 12.5. The lowest BCUT2D eigenvalue weighted by Gasteiger charge is -2.36. The van der Waals surface area contributed by atoms with E-state index in [-0.39, 0.29) is 12.4 Å². The van der Waals surface area contributed by atoms with Crippen molar-refractivity contribution in [2.24, 2.45) is 0 Å². The Morgan fingerprint density at radius 2 is 1.74 bits per heavy atom. The summed E-state index contributed by atoms with van der Waals surface area (Å²) >= 11 is 6.32. The zero-order valence-electron chi connectivity index (χ0n) is 16.5. The molecule has 0 unspecified atom stereocenters. The van der Waals surface area contributed by atoms with Crippen LogP contribution >= 0.6 is 24.0 Å². The number of hydrogen-bond donors (Lipinski definition) is 0. The molecule has 1 saturated heterocycles. The molecule has 2 aromatic carbocycles. The zero-order valence-corrected chi connectivity index (χ0v) is 18.0. The van der Waals surface area contributed by atoms with Gasteiger partial charge in [0.25, 0.3) is 0 Å². The first-order valence-electron chi connectivity index (χ1n) is 9.50. The molecule has 0 atom stereocenters. The van der Waals surface area contributed by atoms with Crippen LogP contribution < -0.4 is 9.64 Å². The number of piperazine rings is 1. The number of aryl methyl sites for hydroxylation is 1. The van der Waals surface area contributed by atoms with Gasteiger partial charge in [0, 0.05) is 32.7 Å². The monoisotopic (exact) mass is 408 g/mol. The van der Waals surface area contributed by atoms with Crippen LogP contribution in [0.3, 0.4) is 0 Å². The van der Waals surface area contributed by atoms with Gasteiger partial charge in [0.15, 0.2) is 0 Å². The molecule has 2 aromatic rings. The van der Waals surface area contributed by atoms with Gasteiger partial charge in [-0.1, -0.05) is 49.7 Å². The number of hydrogen-bond acceptors (Lipinski definition) is 3. The normalized spacial score (nSPS) is 14.9. The second kappa shape index (κ2) is 10.2. The summed E-state index contributed by atoms with van der Waals surface area (Å²) in [4.78, 5) is 4.84. The van der Waals surface area contributed by atoms with E-state index in [0.717, 1.165) is 55.8 Å². The third-order valence-electron chi connectivity index (χ3n) is 5.02. The SMILES string of the molecule is Cc1ccc(C(C)C)c(OCCN2CCN(c3ccccc3Cl)CC2)c1.Cl. The highest BCUT2D eigenvalue weighted by molar-refractivity contribution is 6.33. The van der Waals surface area contributed by atoms with Crippen LogP contribution in [0.1, 0.15) is 30.9 Å². The van der Waals surface area contributed by atoms with Gasteiger partial charge < -0.3 is 9.64 Å². The number of para-hydroxylation sites is 1. The van der Waals surface area contributed by atoms with E-state index in [4.69, 9.17) is 16.3 Å². The van der Waals surface area contributed by atoms with Crippen LogP contribution in [0.2, 0.25) is 5.02 Å². The van der Waals surface area contributed by atoms with E-state index in [2.05, 4.69) is 60.9 Å². The highest BCUT2D eigenvalue weighted by Gasteiger charge is 2.18. The van der Waals surface area contributed by atoms with Crippen molar-refractivity contribution in [1.82, 2.24) is 4.90 Å². The number of ether oxygens (including phenoxy) is 1. The minimum atomic E-state index is 0. The number of anilines is 1. The molecule has 0 saturated carbocycles. The summed E-state index contributed by atoms with van der Waals surface area (Å²) in [5, 5.41) is 0.838. The molecule has 3 nitrogen and oxygen atoms in total. The molecule has 3 rings (SSSR count). The van der Waals surface area contributed by atoms with Crippen molar-refractivity contribution in [3.05, 3.63) is 58.6 Å². The number of rotatable bonds is 6. The lowest BCUT2D eigenvalue weighted by Crippen LogP contribution is -2.47. The maximum Gasteiger partial charge on any atom is 0.123 e. The minimum absolute atomic E-state index is 0. The van der Waals surface area contributed by atoms with Gasteiger partial charge in [-0.05, 0) is 42.2 Å². The third kappa shape index (κ3) is 5.78. The first kappa shape index (κ1) is 21.9. The van der Waals surface area contributed by atoms with E-state index in [1.807, 2.05) is 12.1 Å². The van der Waals surface area contributed by atoms with Gasteiger partial charge in [-0.25, -0.2) is 0 Å². The quantitative estimate of drug-likeness (QED) is 0.636. The summed E-state index contributed by atoms with van der Waals surface area (Å²) in [5.41, 5.74) is 3.68. The molecule has 5 heteroatoms. The van der Waals surface area contributed by atoms with Crippen molar-refractivity contribution in [3.8, 4) is 5.75 Å². The molecule has 27 heavy (non-hydrogen) atoms. The van der Waals surface area contributed by atoms with E-state index in [9.17, 15) is 0 Å². The van der Waals surface area contributed by atoms with Gasteiger partial charge in [-0.2, -0.15) is 0 Å². The number of benzene rings is 2. The zero-order chi connectivity index (χ0) is 18.5. The molecule has 0 bridgehead atoms. The summed E-state index contributed by atoms with van der Waals surface area (Å²) in [6.45, 7) is 12.3. The third-order valence-corrected chi connectivity index (χ3v) is 5.34. The topological polar surface area (TPSA) is 15.7 Å². The summed E-state index contributed by atoms with van der Waals surface area (Å²) in [5.74, 6) is 1.51. The van der Waals surface area contributed by atoms with Gasteiger partial charge in [0.1, 0.15) is 12.4 Å². The highest BCUT2D eigenvalue weighted by Crippen LogP contribution is 2.28. The van der Waals surface area contributed by atoms with Crippen molar-refractivity contribution in [1.29, 1.82) is 0 Å². The summed E-state index contributed by atoms with van der Waals surface area (Å²) in [6.07, 6.45) is 0. The van der Waals surface area contributed by atoms with Gasteiger partial charge >= 0.3 is 0 Å². The predicted octanol–water partition coefficient (Wildman–Crippen LogP) is 5.39. The average molecular weight is 409 g/mol. The Bertz CT molecular complexity index is 728. The summed E-state index contributed by atoms with van der Waals surface area (Å²) in [6, 6.07) is 14.6. The molecular formula is C22H30Cl2N2O. The first-order valence-corrected chi connectivity index (χ1v) is 9.87. The van der Waals surface area contributed by atoms with E-state index in [0.29, 0.717) is 5.92 Å². The van der Waals surface area contributed by atoms with E-state index < -0.39 is 0 Å². The maximum atomic E-state index is 6.32. The van der Waals surface area contributed by atoms with Crippen LogP contribution in [0.25, 0.3) is 0 Å². The molecule has 0 amide bonds. The molecule has 1 fully saturated rings. The van der Waals surface area contributed by atoms with Crippen LogP contribution in [-0.4, -0.2) is 44.2 Å². The predicted molar refractivity (Wildman–Crippen MR) is 118 cm³/mol. The molecule has 0 spiro atoms. The smallest absolute Gasteiger partial charge is 0.123 e. The fourth-order valence-corrected chi connectivity index (χ4v) is 3.70. The van der Waals surface area contributed by atoms with E-state index in [1.54, 1.807) is 0 Å². The minimum Gasteiger partial charge on any atom is -0.492 e. The molecule has 0 aromatic heterocycles. The second-order valence-corrected chi connectivity index (χ2v) is 7.73. The van der Waals surface area contributed by atoms with Gasteiger partial charge in [0.2, 0.25) is 0 Å². The Balaban J connectivity index is 0.00000261. The molecular weight excluding hydrogens is 379 g/mol. The lowest BCUT2D eigenvalue weighted by molar-refractivity contribution is 0.199. The van der Waals surface area contributed by atoms with Gasteiger partial charge in [0.05, 0.1) is 10.7 Å². The van der Waals surface area contributed by atoms with E-state index in [1.165, 1.54) is 11.1 Å². The fourth-order valence-electron chi connectivity index (χ4n) is 3.45. The van der Waals surface area contributed by atoms with Crippen LogP contribution in [0.5, 0.6) is 5.75 Å². The summed E-state index contributed by atoms with van der Waals surface area (Å²) < 4.78 is 6.14. The van der Waals surface area contributed by atoms with Crippen molar-refractivity contribution in [2.45, 2.75) is 26.7 Å². The average Bonchev–Trinajstić information content (AvgIpc) is 2.63. The van der Waals surface area contributed by atoms with Crippen molar-refractivity contribution in [2.75, 3.05) is 44.2 Å².